The number of nitrogens with zero attached hydrogens (tertiary/aromatic N) is 2. The van der Waals surface area contributed by atoms with Crippen molar-refractivity contribution in [2.75, 3.05) is 14.2 Å². The fourth-order valence-electron chi connectivity index (χ4n) is 4.26. The highest BCUT2D eigenvalue weighted by atomic mass is 19.4. The van der Waals surface area contributed by atoms with Crippen molar-refractivity contribution in [3.8, 4) is 45.5 Å². The zero-order chi connectivity index (χ0) is 27.4. The minimum absolute atomic E-state index is 0.337. The number of ether oxygens (including phenoxy) is 3. The van der Waals surface area contributed by atoms with Crippen molar-refractivity contribution in [1.29, 1.82) is 0 Å². The second-order valence-electron chi connectivity index (χ2n) is 8.72. The van der Waals surface area contributed by atoms with E-state index in [1.54, 1.807) is 31.2 Å². The van der Waals surface area contributed by atoms with Crippen LogP contribution in [-0.2, 0) is 12.8 Å². The van der Waals surface area contributed by atoms with Gasteiger partial charge in [-0.3, -0.25) is 4.57 Å². The number of alkyl halides is 3. The third-order valence-corrected chi connectivity index (χ3v) is 6.28. The Hall–Kier alpha value is -4.72. The molecule has 0 saturated heterocycles. The lowest BCUT2D eigenvalue weighted by atomic mass is 10.0. The van der Waals surface area contributed by atoms with Crippen LogP contribution >= 0.6 is 0 Å². The highest BCUT2D eigenvalue weighted by Gasteiger charge is 2.30. The molecule has 1 aromatic heterocycles. The summed E-state index contributed by atoms with van der Waals surface area (Å²) in [5.41, 5.74) is 3.72. The van der Waals surface area contributed by atoms with Crippen LogP contribution in [0.4, 0.5) is 13.2 Å². The lowest BCUT2D eigenvalue weighted by molar-refractivity contribution is -0.137. The second-order valence-corrected chi connectivity index (χ2v) is 8.72. The Bertz CT molecular complexity index is 1550. The lowest BCUT2D eigenvalue weighted by Crippen LogP contribution is -2.05. The highest BCUT2D eigenvalue weighted by molar-refractivity contribution is 5.81. The van der Waals surface area contributed by atoms with Crippen LogP contribution in [0.2, 0.25) is 0 Å². The van der Waals surface area contributed by atoms with Gasteiger partial charge in [-0.05, 0) is 72.3 Å². The maximum atomic E-state index is 13.2. The van der Waals surface area contributed by atoms with Crippen LogP contribution in [0.3, 0.4) is 0 Å². The van der Waals surface area contributed by atoms with E-state index in [-0.39, 0.29) is 0 Å². The van der Waals surface area contributed by atoms with Gasteiger partial charge in [0.25, 0.3) is 0 Å². The first-order chi connectivity index (χ1) is 18.9. The molecule has 0 bridgehead atoms. The molecule has 5 nitrogen and oxygen atoms in total. The smallest absolute Gasteiger partial charge is 0.416 e. The topological polar surface area (TPSA) is 45.5 Å². The van der Waals surface area contributed by atoms with Gasteiger partial charge < -0.3 is 14.2 Å². The van der Waals surface area contributed by atoms with E-state index in [0.717, 1.165) is 28.8 Å². The molecule has 0 unspecified atom stereocenters. The van der Waals surface area contributed by atoms with Gasteiger partial charge in [0.15, 0.2) is 11.5 Å². The third-order valence-electron chi connectivity index (χ3n) is 6.28. The minimum Gasteiger partial charge on any atom is -0.497 e. The summed E-state index contributed by atoms with van der Waals surface area (Å²) in [7, 11) is 3.16. The predicted molar refractivity (Wildman–Crippen MR) is 143 cm³/mol. The molecule has 5 rings (SSSR count). The molecule has 0 aliphatic heterocycles. The van der Waals surface area contributed by atoms with Crippen LogP contribution < -0.4 is 14.2 Å². The first kappa shape index (κ1) is 25.9. The summed E-state index contributed by atoms with van der Waals surface area (Å²) in [4.78, 5) is 4.66. The predicted octanol–water partition coefficient (Wildman–Crippen LogP) is 7.82. The number of methoxy groups -OCH3 is 2. The van der Waals surface area contributed by atoms with Crippen LogP contribution in [0.1, 0.15) is 11.1 Å². The van der Waals surface area contributed by atoms with E-state index in [9.17, 15) is 13.2 Å². The van der Waals surface area contributed by atoms with E-state index in [4.69, 9.17) is 14.2 Å². The van der Waals surface area contributed by atoms with E-state index in [0.29, 0.717) is 40.9 Å². The van der Waals surface area contributed by atoms with E-state index < -0.39 is 11.7 Å². The van der Waals surface area contributed by atoms with Crippen molar-refractivity contribution in [2.24, 2.45) is 0 Å². The average molecular weight is 531 g/mol. The molecule has 0 aliphatic rings. The van der Waals surface area contributed by atoms with Crippen LogP contribution in [0.15, 0.2) is 103 Å². The summed E-state index contributed by atoms with van der Waals surface area (Å²) in [5.74, 6) is 1.78. The minimum atomic E-state index is -4.43. The SMILES string of the molecule is COc1ccc(-c2ncn(-c3ccc(C(F)(F)F)cc3)c2-c2ccc(OC)c(OCc3ccccc3)c2)cc1. The standard InChI is InChI=1S/C31H25F3N2O3/c1-37-26-15-8-22(9-16-26)29-30(36(20-35-29)25-13-11-24(12-14-25)31(32,33)34)23-10-17-27(38-2)28(18-23)39-19-21-6-4-3-5-7-21/h3-18,20H,19H2,1-2H3. The largest absolute Gasteiger partial charge is 0.497 e. The van der Waals surface area contributed by atoms with Crippen LogP contribution in [0, 0.1) is 0 Å². The summed E-state index contributed by atoms with van der Waals surface area (Å²) < 4.78 is 58.4. The highest BCUT2D eigenvalue weighted by Crippen LogP contribution is 2.39. The van der Waals surface area contributed by atoms with Gasteiger partial charge >= 0.3 is 6.18 Å². The maximum absolute atomic E-state index is 13.2. The van der Waals surface area contributed by atoms with Gasteiger partial charge in [0.05, 0.1) is 31.2 Å². The summed E-state index contributed by atoms with van der Waals surface area (Å²) >= 11 is 0. The molecule has 1 heterocycles. The molecular formula is C31H25F3N2O3. The van der Waals surface area contributed by atoms with Crippen molar-refractivity contribution in [1.82, 2.24) is 9.55 Å². The van der Waals surface area contributed by atoms with E-state index in [2.05, 4.69) is 4.98 Å². The number of imidazole rings is 1. The van der Waals surface area contributed by atoms with Crippen molar-refractivity contribution < 1.29 is 27.4 Å². The zero-order valence-corrected chi connectivity index (χ0v) is 21.3. The number of benzene rings is 4. The Labute approximate surface area is 224 Å². The molecule has 198 valence electrons. The Morgan fingerprint density at radius 3 is 2.08 bits per heavy atom. The van der Waals surface area contributed by atoms with Gasteiger partial charge in [0.1, 0.15) is 18.7 Å². The lowest BCUT2D eigenvalue weighted by Gasteiger charge is -2.16. The van der Waals surface area contributed by atoms with Crippen LogP contribution in [0.25, 0.3) is 28.2 Å². The molecule has 39 heavy (non-hydrogen) atoms. The first-order valence-electron chi connectivity index (χ1n) is 12.1. The Morgan fingerprint density at radius 2 is 1.44 bits per heavy atom. The monoisotopic (exact) mass is 530 g/mol. The molecule has 8 heteroatoms. The molecule has 0 amide bonds. The van der Waals surface area contributed by atoms with E-state index in [1.807, 2.05) is 66.7 Å². The summed E-state index contributed by atoms with van der Waals surface area (Å²) in [5, 5.41) is 0. The number of aromatic nitrogens is 2. The molecule has 0 atom stereocenters. The molecule has 0 saturated carbocycles. The molecule has 0 spiro atoms. The van der Waals surface area contributed by atoms with E-state index >= 15 is 0 Å². The first-order valence-corrected chi connectivity index (χ1v) is 12.1. The number of rotatable bonds is 8. The molecule has 0 fully saturated rings. The van der Waals surface area contributed by atoms with Crippen molar-refractivity contribution in [2.45, 2.75) is 12.8 Å². The summed E-state index contributed by atoms with van der Waals surface area (Å²) in [6.07, 6.45) is -2.82. The molecule has 0 aliphatic carbocycles. The van der Waals surface area contributed by atoms with Crippen molar-refractivity contribution in [3.63, 3.8) is 0 Å². The van der Waals surface area contributed by atoms with Gasteiger partial charge in [0, 0.05) is 16.8 Å². The Morgan fingerprint density at radius 1 is 0.744 bits per heavy atom. The number of halogens is 3. The summed E-state index contributed by atoms with van der Waals surface area (Å²) in [6, 6.07) is 27.7. The van der Waals surface area contributed by atoms with Crippen LogP contribution in [0.5, 0.6) is 17.2 Å². The van der Waals surface area contributed by atoms with Crippen LogP contribution in [-0.4, -0.2) is 23.8 Å². The van der Waals surface area contributed by atoms with E-state index in [1.165, 1.54) is 12.1 Å². The second kappa shape index (κ2) is 10.9. The molecule has 0 radical (unpaired) electrons. The maximum Gasteiger partial charge on any atom is 0.416 e. The van der Waals surface area contributed by atoms with Gasteiger partial charge in [0.2, 0.25) is 0 Å². The van der Waals surface area contributed by atoms with Gasteiger partial charge in [-0.15, -0.1) is 0 Å². The molecule has 0 N–H and O–H groups in total. The fourth-order valence-corrected chi connectivity index (χ4v) is 4.26. The van der Waals surface area contributed by atoms with Gasteiger partial charge in [-0.2, -0.15) is 13.2 Å². The van der Waals surface area contributed by atoms with Crippen molar-refractivity contribution in [3.05, 3.63) is 115 Å². The Kier molecular flexibility index (Phi) is 7.27. The summed E-state index contributed by atoms with van der Waals surface area (Å²) in [6.45, 7) is 0.337. The average Bonchev–Trinajstić information content (AvgIpc) is 3.41. The molecule has 4 aromatic carbocycles. The zero-order valence-electron chi connectivity index (χ0n) is 21.3. The number of hydrogen-bond acceptors (Lipinski definition) is 4. The van der Waals surface area contributed by atoms with Crippen molar-refractivity contribution >= 4 is 0 Å². The molecular weight excluding hydrogens is 505 g/mol. The quantitative estimate of drug-likeness (QED) is 0.205. The van der Waals surface area contributed by atoms with Gasteiger partial charge in [-0.25, -0.2) is 4.98 Å². The normalized spacial score (nSPS) is 11.3. The Balaban J connectivity index is 1.61. The molecule has 5 aromatic rings. The number of hydrogen-bond donors (Lipinski definition) is 0. The van der Waals surface area contributed by atoms with Gasteiger partial charge in [-0.1, -0.05) is 30.3 Å². The fraction of sp³-hybridized carbons (Fsp3) is 0.129. The third kappa shape index (κ3) is 5.60.